The lowest BCUT2D eigenvalue weighted by Crippen LogP contribution is -2.37. The number of benzene rings is 1. The van der Waals surface area contributed by atoms with E-state index in [9.17, 15) is 4.79 Å². The molecule has 0 aliphatic heterocycles. The van der Waals surface area contributed by atoms with Crippen LogP contribution in [0.4, 0.5) is 0 Å². The molecule has 1 amide bonds. The number of aromatic nitrogens is 1. The van der Waals surface area contributed by atoms with E-state index in [-0.39, 0.29) is 5.91 Å². The number of hydrogen-bond donors (Lipinski definition) is 1. The number of nitrogens with zero attached hydrogens (tertiary/aromatic N) is 1. The molecule has 0 aliphatic rings. The largest absolute Gasteiger partial charge is 0.479 e. The topological polar surface area (TPSA) is 51.2 Å². The van der Waals surface area contributed by atoms with Gasteiger partial charge in [0.25, 0.3) is 5.91 Å². The molecule has 0 saturated carbocycles. The molecule has 0 unspecified atom stereocenters. The third kappa shape index (κ3) is 4.46. The number of ether oxygens (including phenoxy) is 1. The Morgan fingerprint density at radius 2 is 2.14 bits per heavy atom. The smallest absolute Gasteiger partial charge is 0.261 e. The number of hydrogen-bond acceptors (Lipinski definition) is 3. The van der Waals surface area contributed by atoms with Crippen LogP contribution in [0.1, 0.15) is 18.9 Å². The van der Waals surface area contributed by atoms with Crippen LogP contribution in [-0.4, -0.2) is 17.0 Å². The van der Waals surface area contributed by atoms with E-state index >= 15 is 0 Å². The van der Waals surface area contributed by atoms with Gasteiger partial charge in [0.05, 0.1) is 5.02 Å². The molecule has 2 aromatic rings. The van der Waals surface area contributed by atoms with Crippen molar-refractivity contribution in [3.63, 3.8) is 0 Å². The maximum atomic E-state index is 12.2. The van der Waals surface area contributed by atoms with Crippen molar-refractivity contribution in [3.8, 4) is 5.75 Å². The molecule has 0 bridgehead atoms. The number of halogens is 1. The lowest BCUT2D eigenvalue weighted by molar-refractivity contribution is -0.128. The van der Waals surface area contributed by atoms with Crippen LogP contribution in [0.15, 0.2) is 48.8 Å². The lowest BCUT2D eigenvalue weighted by atomic mass is 10.2. The molecule has 0 fully saturated rings. The summed E-state index contributed by atoms with van der Waals surface area (Å²) in [6.07, 6.45) is 3.41. The zero-order valence-corrected chi connectivity index (χ0v) is 12.5. The highest BCUT2D eigenvalue weighted by molar-refractivity contribution is 6.32. The lowest BCUT2D eigenvalue weighted by Gasteiger charge is -2.18. The van der Waals surface area contributed by atoms with Gasteiger partial charge < -0.3 is 10.1 Å². The molecule has 0 spiro atoms. The summed E-state index contributed by atoms with van der Waals surface area (Å²) < 4.78 is 5.69. The molecule has 21 heavy (non-hydrogen) atoms. The number of carbonyl (C=O) groups excluding carboxylic acids is 1. The van der Waals surface area contributed by atoms with Crippen molar-refractivity contribution in [1.82, 2.24) is 10.3 Å². The van der Waals surface area contributed by atoms with E-state index < -0.39 is 6.10 Å². The number of para-hydroxylation sites is 1. The first-order valence-corrected chi connectivity index (χ1v) is 7.16. The molecule has 0 saturated heterocycles. The van der Waals surface area contributed by atoms with Crippen LogP contribution in [0, 0.1) is 0 Å². The molecular formula is C16H17ClN2O2. The van der Waals surface area contributed by atoms with Crippen LogP contribution >= 0.6 is 11.6 Å². The maximum absolute atomic E-state index is 12.2. The Bertz CT molecular complexity index is 590. The van der Waals surface area contributed by atoms with Crippen molar-refractivity contribution in [2.75, 3.05) is 0 Å². The zero-order chi connectivity index (χ0) is 15.1. The van der Waals surface area contributed by atoms with Crippen LogP contribution < -0.4 is 10.1 Å². The molecule has 1 aromatic carbocycles. The Morgan fingerprint density at radius 1 is 1.33 bits per heavy atom. The third-order valence-corrected chi connectivity index (χ3v) is 3.27. The molecule has 1 heterocycles. The van der Waals surface area contributed by atoms with Gasteiger partial charge in [0, 0.05) is 18.9 Å². The highest BCUT2D eigenvalue weighted by atomic mass is 35.5. The summed E-state index contributed by atoms with van der Waals surface area (Å²) >= 11 is 6.04. The normalized spacial score (nSPS) is 11.7. The van der Waals surface area contributed by atoms with E-state index in [0.717, 1.165) is 5.56 Å². The first kappa shape index (κ1) is 15.3. The van der Waals surface area contributed by atoms with E-state index in [0.29, 0.717) is 23.7 Å². The second kappa shape index (κ2) is 7.64. The van der Waals surface area contributed by atoms with Gasteiger partial charge in [-0.05, 0) is 30.2 Å². The minimum absolute atomic E-state index is 0.165. The number of carbonyl (C=O) groups is 1. The van der Waals surface area contributed by atoms with Crippen molar-refractivity contribution in [2.24, 2.45) is 0 Å². The monoisotopic (exact) mass is 304 g/mol. The predicted molar refractivity (Wildman–Crippen MR) is 82.2 cm³/mol. The SMILES string of the molecule is CC[C@@H](Oc1ccccc1Cl)C(=O)NCc1cccnc1. The average Bonchev–Trinajstić information content (AvgIpc) is 2.53. The van der Waals surface area contributed by atoms with Gasteiger partial charge in [0.1, 0.15) is 5.75 Å². The summed E-state index contributed by atoms with van der Waals surface area (Å²) in [4.78, 5) is 16.2. The Labute approximate surface area is 129 Å². The molecule has 1 aromatic heterocycles. The Kier molecular flexibility index (Phi) is 5.58. The van der Waals surface area contributed by atoms with Crippen molar-refractivity contribution in [3.05, 3.63) is 59.4 Å². The van der Waals surface area contributed by atoms with Gasteiger partial charge >= 0.3 is 0 Å². The van der Waals surface area contributed by atoms with Crippen LogP contribution in [0.5, 0.6) is 5.75 Å². The molecule has 1 N–H and O–H groups in total. The minimum Gasteiger partial charge on any atom is -0.479 e. The van der Waals surface area contributed by atoms with Gasteiger partial charge in [-0.15, -0.1) is 0 Å². The number of rotatable bonds is 6. The first-order valence-electron chi connectivity index (χ1n) is 6.78. The third-order valence-electron chi connectivity index (χ3n) is 2.96. The van der Waals surface area contributed by atoms with E-state index in [1.165, 1.54) is 0 Å². The number of amides is 1. The number of nitrogens with one attached hydrogen (secondary N) is 1. The van der Waals surface area contributed by atoms with Gasteiger partial charge in [-0.3, -0.25) is 9.78 Å². The molecule has 1 atom stereocenters. The fourth-order valence-electron chi connectivity index (χ4n) is 1.82. The highest BCUT2D eigenvalue weighted by Crippen LogP contribution is 2.24. The molecule has 0 radical (unpaired) electrons. The zero-order valence-electron chi connectivity index (χ0n) is 11.8. The van der Waals surface area contributed by atoms with Gasteiger partial charge in [0.2, 0.25) is 0 Å². The second-order valence-electron chi connectivity index (χ2n) is 4.52. The summed E-state index contributed by atoms with van der Waals surface area (Å²) in [5, 5.41) is 3.34. The fourth-order valence-corrected chi connectivity index (χ4v) is 2.00. The summed E-state index contributed by atoms with van der Waals surface area (Å²) in [5.74, 6) is 0.351. The Hall–Kier alpha value is -2.07. The molecule has 5 heteroatoms. The summed E-state index contributed by atoms with van der Waals surface area (Å²) in [7, 11) is 0. The van der Waals surface area contributed by atoms with E-state index in [1.807, 2.05) is 31.2 Å². The maximum Gasteiger partial charge on any atom is 0.261 e. The second-order valence-corrected chi connectivity index (χ2v) is 4.93. The van der Waals surface area contributed by atoms with Gasteiger partial charge in [0.15, 0.2) is 6.10 Å². The van der Waals surface area contributed by atoms with E-state index in [2.05, 4.69) is 10.3 Å². The molecule has 110 valence electrons. The number of pyridine rings is 1. The molecule has 2 rings (SSSR count). The average molecular weight is 305 g/mol. The highest BCUT2D eigenvalue weighted by Gasteiger charge is 2.19. The van der Waals surface area contributed by atoms with Crippen molar-refractivity contribution in [1.29, 1.82) is 0 Å². The van der Waals surface area contributed by atoms with Crippen molar-refractivity contribution in [2.45, 2.75) is 26.0 Å². The molecule has 0 aliphatic carbocycles. The van der Waals surface area contributed by atoms with Gasteiger partial charge in [-0.25, -0.2) is 0 Å². The minimum atomic E-state index is -0.568. The standard InChI is InChI=1S/C16H17ClN2O2/c1-2-14(21-15-8-4-3-7-13(15)17)16(20)19-11-12-6-5-9-18-10-12/h3-10,14H,2,11H2,1H3,(H,19,20)/t14-/m1/s1. The Morgan fingerprint density at radius 3 is 2.81 bits per heavy atom. The summed E-state index contributed by atoms with van der Waals surface area (Å²) in [6, 6.07) is 10.9. The van der Waals surface area contributed by atoms with Gasteiger partial charge in [-0.2, -0.15) is 0 Å². The van der Waals surface area contributed by atoms with Crippen molar-refractivity contribution >= 4 is 17.5 Å². The first-order chi connectivity index (χ1) is 10.2. The quantitative estimate of drug-likeness (QED) is 0.891. The van der Waals surface area contributed by atoms with Crippen molar-refractivity contribution < 1.29 is 9.53 Å². The van der Waals surface area contributed by atoms with Crippen LogP contribution in [0.25, 0.3) is 0 Å². The van der Waals surface area contributed by atoms with E-state index in [1.54, 1.807) is 24.5 Å². The van der Waals surface area contributed by atoms with E-state index in [4.69, 9.17) is 16.3 Å². The van der Waals surface area contributed by atoms with Crippen LogP contribution in [0.2, 0.25) is 5.02 Å². The summed E-state index contributed by atoms with van der Waals surface area (Å²) in [6.45, 7) is 2.32. The molecule has 4 nitrogen and oxygen atoms in total. The summed E-state index contributed by atoms with van der Waals surface area (Å²) in [5.41, 5.74) is 0.943. The van der Waals surface area contributed by atoms with Gasteiger partial charge in [-0.1, -0.05) is 36.7 Å². The predicted octanol–water partition coefficient (Wildman–Crippen LogP) is 3.21. The van der Waals surface area contributed by atoms with Crippen LogP contribution in [0.3, 0.4) is 0 Å². The molecular weight excluding hydrogens is 288 g/mol. The van der Waals surface area contributed by atoms with Crippen LogP contribution in [-0.2, 0) is 11.3 Å². The fraction of sp³-hybridized carbons (Fsp3) is 0.250. The Balaban J connectivity index is 1.94.